The van der Waals surface area contributed by atoms with Gasteiger partial charge in [-0.25, -0.2) is 9.18 Å². The number of carbonyl (C=O) groups is 2. The van der Waals surface area contributed by atoms with Crippen LogP contribution in [0.25, 0.3) is 6.08 Å². The first-order valence-electron chi connectivity index (χ1n) is 7.69. The molecule has 1 rings (SSSR count). The molecule has 0 unspecified atom stereocenters. The van der Waals surface area contributed by atoms with E-state index < -0.39 is 17.2 Å². The van der Waals surface area contributed by atoms with Crippen molar-refractivity contribution < 1.29 is 18.7 Å². The lowest BCUT2D eigenvalue weighted by Crippen LogP contribution is -2.51. The van der Waals surface area contributed by atoms with Crippen LogP contribution < -0.4 is 10.6 Å². The van der Waals surface area contributed by atoms with Crippen molar-refractivity contribution in [2.75, 3.05) is 6.54 Å². The first-order chi connectivity index (χ1) is 11.0. The first-order valence-corrected chi connectivity index (χ1v) is 7.69. The molecule has 0 heterocycles. The topological polar surface area (TPSA) is 67.4 Å². The number of benzene rings is 1. The van der Waals surface area contributed by atoms with Gasteiger partial charge in [0.2, 0.25) is 5.91 Å². The fraction of sp³-hybridized carbons (Fsp3) is 0.444. The maximum absolute atomic E-state index is 12.8. The van der Waals surface area contributed by atoms with Crippen molar-refractivity contribution >= 4 is 18.1 Å². The number of rotatable bonds is 5. The molecule has 0 spiro atoms. The predicted molar refractivity (Wildman–Crippen MR) is 91.9 cm³/mol. The summed E-state index contributed by atoms with van der Waals surface area (Å²) in [5.74, 6) is -0.638. The molecular formula is C18H25FN2O3. The Morgan fingerprint density at radius 2 is 1.71 bits per heavy atom. The molecule has 6 heteroatoms. The molecule has 0 aliphatic carbocycles. The summed E-state index contributed by atoms with van der Waals surface area (Å²) in [7, 11) is 0. The molecule has 1 aromatic carbocycles. The lowest BCUT2D eigenvalue weighted by molar-refractivity contribution is -0.117. The highest BCUT2D eigenvalue weighted by atomic mass is 19.1. The van der Waals surface area contributed by atoms with Crippen LogP contribution in [0.4, 0.5) is 9.18 Å². The summed E-state index contributed by atoms with van der Waals surface area (Å²) in [6, 6.07) is 5.81. The zero-order chi connectivity index (χ0) is 18.4. The summed E-state index contributed by atoms with van der Waals surface area (Å²) < 4.78 is 18.0. The van der Waals surface area contributed by atoms with Crippen LogP contribution in [0, 0.1) is 5.82 Å². The Morgan fingerprint density at radius 1 is 1.12 bits per heavy atom. The molecule has 0 saturated carbocycles. The van der Waals surface area contributed by atoms with Crippen molar-refractivity contribution in [3.63, 3.8) is 0 Å². The van der Waals surface area contributed by atoms with Crippen molar-refractivity contribution in [1.29, 1.82) is 0 Å². The lowest BCUT2D eigenvalue weighted by atomic mass is 10.1. The number of carbonyl (C=O) groups excluding carboxylic acids is 2. The van der Waals surface area contributed by atoms with Gasteiger partial charge in [0, 0.05) is 12.6 Å². The third kappa shape index (κ3) is 8.31. The van der Waals surface area contributed by atoms with Crippen LogP contribution in [0.3, 0.4) is 0 Å². The number of hydrogen-bond donors (Lipinski definition) is 2. The van der Waals surface area contributed by atoms with E-state index in [2.05, 4.69) is 10.6 Å². The lowest BCUT2D eigenvalue weighted by Gasteiger charge is -2.27. The van der Waals surface area contributed by atoms with Gasteiger partial charge in [-0.1, -0.05) is 12.1 Å². The van der Waals surface area contributed by atoms with Gasteiger partial charge in [-0.2, -0.15) is 0 Å². The molecule has 0 radical (unpaired) electrons. The molecule has 2 N–H and O–H groups in total. The van der Waals surface area contributed by atoms with Crippen LogP contribution >= 0.6 is 0 Å². The second kappa shape index (κ2) is 7.95. The highest BCUT2D eigenvalue weighted by Crippen LogP contribution is 2.08. The Balaban J connectivity index is 2.49. The van der Waals surface area contributed by atoms with Crippen molar-refractivity contribution in [3.8, 4) is 0 Å². The molecule has 5 nitrogen and oxygen atoms in total. The maximum Gasteiger partial charge on any atom is 0.407 e. The Labute approximate surface area is 142 Å². The molecule has 0 aromatic heterocycles. The van der Waals surface area contributed by atoms with Crippen molar-refractivity contribution in [1.82, 2.24) is 10.6 Å². The van der Waals surface area contributed by atoms with E-state index in [1.807, 2.05) is 0 Å². The van der Waals surface area contributed by atoms with Crippen LogP contribution in [-0.4, -0.2) is 29.7 Å². The number of hydrogen-bond acceptors (Lipinski definition) is 3. The van der Waals surface area contributed by atoms with E-state index in [0.29, 0.717) is 0 Å². The summed E-state index contributed by atoms with van der Waals surface area (Å²) in [6.07, 6.45) is 2.42. The molecule has 24 heavy (non-hydrogen) atoms. The van der Waals surface area contributed by atoms with E-state index in [-0.39, 0.29) is 18.3 Å². The van der Waals surface area contributed by atoms with E-state index in [9.17, 15) is 14.0 Å². The minimum Gasteiger partial charge on any atom is -0.444 e. The second-order valence-corrected chi connectivity index (χ2v) is 7.11. The second-order valence-electron chi connectivity index (χ2n) is 7.11. The molecule has 0 atom stereocenters. The summed E-state index contributed by atoms with van der Waals surface area (Å²) in [5, 5.41) is 5.41. The van der Waals surface area contributed by atoms with Gasteiger partial charge in [-0.3, -0.25) is 4.79 Å². The molecular weight excluding hydrogens is 311 g/mol. The molecule has 0 fully saturated rings. The number of nitrogens with one attached hydrogen (secondary N) is 2. The molecule has 0 saturated heterocycles. The minimum atomic E-state index is -0.652. The quantitative estimate of drug-likeness (QED) is 0.811. The predicted octanol–water partition coefficient (Wildman–Crippen LogP) is 3.26. The van der Waals surface area contributed by atoms with Gasteiger partial charge >= 0.3 is 6.09 Å². The molecule has 132 valence electrons. The van der Waals surface area contributed by atoms with Crippen molar-refractivity contribution in [2.45, 2.75) is 45.8 Å². The van der Waals surface area contributed by atoms with Crippen LogP contribution in [0.5, 0.6) is 0 Å². The zero-order valence-electron chi connectivity index (χ0n) is 14.8. The zero-order valence-corrected chi connectivity index (χ0v) is 14.8. The third-order valence-electron chi connectivity index (χ3n) is 2.83. The van der Waals surface area contributed by atoms with E-state index in [4.69, 9.17) is 4.74 Å². The van der Waals surface area contributed by atoms with Crippen LogP contribution in [0.15, 0.2) is 30.3 Å². The first kappa shape index (κ1) is 19.7. The average molecular weight is 336 g/mol. The van der Waals surface area contributed by atoms with Gasteiger partial charge in [0.05, 0.1) is 5.54 Å². The number of ether oxygens (including phenoxy) is 1. The van der Waals surface area contributed by atoms with E-state index in [1.54, 1.807) is 52.8 Å². The summed E-state index contributed by atoms with van der Waals surface area (Å²) in [4.78, 5) is 23.6. The standard InChI is InChI=1S/C18H25FN2O3/c1-17(2,3)24-16(23)20-12-18(4,5)21-15(22)11-8-13-6-9-14(19)10-7-13/h6-11H,12H2,1-5H3,(H,20,23)(H,21,22)/b11-8+. The SMILES string of the molecule is CC(C)(CNC(=O)OC(C)(C)C)NC(=O)/C=C/c1ccc(F)cc1. The van der Waals surface area contributed by atoms with Gasteiger partial charge in [0.15, 0.2) is 0 Å². The Morgan fingerprint density at radius 3 is 2.25 bits per heavy atom. The van der Waals surface area contributed by atoms with Gasteiger partial charge in [-0.15, -0.1) is 0 Å². The van der Waals surface area contributed by atoms with E-state index >= 15 is 0 Å². The normalized spacial score (nSPS) is 12.1. The highest BCUT2D eigenvalue weighted by Gasteiger charge is 2.22. The van der Waals surface area contributed by atoms with Crippen LogP contribution in [0.1, 0.15) is 40.2 Å². The van der Waals surface area contributed by atoms with Gasteiger partial charge < -0.3 is 15.4 Å². The molecule has 1 aromatic rings. The van der Waals surface area contributed by atoms with Gasteiger partial charge in [-0.05, 0) is 58.4 Å². The van der Waals surface area contributed by atoms with Crippen LogP contribution in [0.2, 0.25) is 0 Å². The summed E-state index contributed by atoms with van der Waals surface area (Å²) in [5.41, 5.74) is -0.507. The molecule has 2 amide bonds. The average Bonchev–Trinajstić information content (AvgIpc) is 2.42. The fourth-order valence-electron chi connectivity index (χ4n) is 1.77. The molecule has 0 bridgehead atoms. The number of halogens is 1. The monoisotopic (exact) mass is 336 g/mol. The fourth-order valence-corrected chi connectivity index (χ4v) is 1.77. The summed E-state index contributed by atoms with van der Waals surface area (Å²) >= 11 is 0. The number of amides is 2. The van der Waals surface area contributed by atoms with Gasteiger partial charge in [0.25, 0.3) is 0 Å². The largest absolute Gasteiger partial charge is 0.444 e. The van der Waals surface area contributed by atoms with E-state index in [1.165, 1.54) is 18.2 Å². The Hall–Kier alpha value is -2.37. The minimum absolute atomic E-state index is 0.220. The molecule has 0 aliphatic rings. The highest BCUT2D eigenvalue weighted by molar-refractivity contribution is 5.92. The summed E-state index contributed by atoms with van der Waals surface area (Å²) in [6.45, 7) is 9.12. The van der Waals surface area contributed by atoms with Crippen molar-refractivity contribution in [3.05, 3.63) is 41.7 Å². The van der Waals surface area contributed by atoms with Gasteiger partial charge in [0.1, 0.15) is 11.4 Å². The van der Waals surface area contributed by atoms with Crippen LogP contribution in [-0.2, 0) is 9.53 Å². The smallest absolute Gasteiger partial charge is 0.407 e. The third-order valence-corrected chi connectivity index (χ3v) is 2.83. The molecule has 0 aliphatic heterocycles. The Kier molecular flexibility index (Phi) is 6.51. The number of alkyl carbamates (subject to hydrolysis) is 1. The van der Waals surface area contributed by atoms with E-state index in [0.717, 1.165) is 5.56 Å². The Bertz CT molecular complexity index is 602. The maximum atomic E-state index is 12.8. The van der Waals surface area contributed by atoms with Crippen molar-refractivity contribution in [2.24, 2.45) is 0 Å².